The van der Waals surface area contributed by atoms with Crippen molar-refractivity contribution in [2.45, 2.75) is 83.1 Å². The summed E-state index contributed by atoms with van der Waals surface area (Å²) in [4.78, 5) is 24.1. The van der Waals surface area contributed by atoms with Gasteiger partial charge in [-0.15, -0.1) is 0 Å². The Morgan fingerprint density at radius 2 is 1.39 bits per heavy atom. The van der Waals surface area contributed by atoms with Crippen molar-refractivity contribution in [3.05, 3.63) is 59.7 Å². The van der Waals surface area contributed by atoms with Crippen LogP contribution in [0.1, 0.15) is 88.2 Å². The van der Waals surface area contributed by atoms with Gasteiger partial charge < -0.3 is 15.2 Å². The molecule has 0 bridgehead atoms. The van der Waals surface area contributed by atoms with Crippen molar-refractivity contribution in [3.63, 3.8) is 0 Å². The number of carboxylic acids is 1. The van der Waals surface area contributed by atoms with Crippen molar-refractivity contribution in [2.75, 3.05) is 18.1 Å². The van der Waals surface area contributed by atoms with Gasteiger partial charge in [0.25, 0.3) is 0 Å². The summed E-state index contributed by atoms with van der Waals surface area (Å²) < 4.78 is 5.51. The van der Waals surface area contributed by atoms with Gasteiger partial charge in [-0.2, -0.15) is 11.8 Å². The number of hydrogen-bond acceptors (Lipinski definition) is 4. The van der Waals surface area contributed by atoms with Crippen molar-refractivity contribution in [1.82, 2.24) is 5.32 Å². The van der Waals surface area contributed by atoms with E-state index in [4.69, 9.17) is 4.74 Å². The molecule has 0 aromatic heterocycles. The number of carbonyl (C=O) groups excluding carboxylic acids is 1. The number of carboxylic acid groups (broad SMARTS) is 1. The molecule has 1 aliphatic rings. The molecule has 36 heavy (non-hydrogen) atoms. The lowest BCUT2D eigenvalue weighted by atomic mass is 9.98. The predicted octanol–water partition coefficient (Wildman–Crippen LogP) is 7.63. The maximum Gasteiger partial charge on any atom is 0.407 e. The van der Waals surface area contributed by atoms with Crippen LogP contribution in [0.3, 0.4) is 0 Å². The molecule has 6 heteroatoms. The zero-order chi connectivity index (χ0) is 25.6. The summed E-state index contributed by atoms with van der Waals surface area (Å²) >= 11 is 1.58. The summed E-state index contributed by atoms with van der Waals surface area (Å²) in [6, 6.07) is 15.3. The van der Waals surface area contributed by atoms with E-state index < -0.39 is 18.1 Å². The number of hydrogen-bond donors (Lipinski definition) is 2. The summed E-state index contributed by atoms with van der Waals surface area (Å²) in [7, 11) is 0. The van der Waals surface area contributed by atoms with Crippen LogP contribution in [0.25, 0.3) is 11.1 Å². The number of aliphatic carboxylic acids is 1. The molecule has 1 amide bonds. The molecule has 0 saturated carbocycles. The average molecular weight is 512 g/mol. The maximum atomic E-state index is 12.5. The minimum atomic E-state index is -1.03. The fourth-order valence-corrected chi connectivity index (χ4v) is 5.89. The number of unbranched alkanes of at least 4 members (excludes halogenated alkanes) is 9. The Kier molecular flexibility index (Phi) is 12.2. The van der Waals surface area contributed by atoms with E-state index in [1.54, 1.807) is 11.8 Å². The maximum absolute atomic E-state index is 12.5. The normalized spacial score (nSPS) is 13.1. The number of carbonyl (C=O) groups is 2. The highest BCUT2D eigenvalue weighted by molar-refractivity contribution is 7.99. The van der Waals surface area contributed by atoms with Crippen LogP contribution in [-0.4, -0.2) is 41.3 Å². The highest BCUT2D eigenvalue weighted by Crippen LogP contribution is 2.44. The molecule has 5 nitrogen and oxygen atoms in total. The number of ether oxygens (including phenoxy) is 1. The molecule has 196 valence electrons. The SMILES string of the molecule is CCCCCCCCCCCCSC[C@H](NC(=O)OCC1c2ccccc2-c2ccccc21)C(=O)O. The average Bonchev–Trinajstić information content (AvgIpc) is 3.21. The molecule has 2 N–H and O–H groups in total. The quantitative estimate of drug-likeness (QED) is 0.214. The number of amides is 1. The van der Waals surface area contributed by atoms with Gasteiger partial charge in [0.15, 0.2) is 0 Å². The van der Waals surface area contributed by atoms with Crippen molar-refractivity contribution in [3.8, 4) is 11.1 Å². The van der Waals surface area contributed by atoms with Crippen molar-refractivity contribution >= 4 is 23.8 Å². The van der Waals surface area contributed by atoms with Crippen LogP contribution in [0.5, 0.6) is 0 Å². The van der Waals surface area contributed by atoms with E-state index in [9.17, 15) is 14.7 Å². The van der Waals surface area contributed by atoms with Gasteiger partial charge in [-0.05, 0) is 34.4 Å². The van der Waals surface area contributed by atoms with E-state index in [1.807, 2.05) is 24.3 Å². The molecule has 0 fully saturated rings. The minimum Gasteiger partial charge on any atom is -0.480 e. The monoisotopic (exact) mass is 511 g/mol. The van der Waals surface area contributed by atoms with E-state index in [0.29, 0.717) is 5.75 Å². The first kappa shape index (κ1) is 28.1. The summed E-state index contributed by atoms with van der Waals surface area (Å²) in [6.45, 7) is 2.42. The second kappa shape index (κ2) is 15.6. The van der Waals surface area contributed by atoms with Crippen LogP contribution in [0, 0.1) is 0 Å². The number of rotatable bonds is 17. The number of benzene rings is 2. The second-order valence-corrected chi connectivity index (χ2v) is 10.8. The fourth-order valence-electron chi connectivity index (χ4n) is 4.85. The Morgan fingerprint density at radius 1 is 0.861 bits per heavy atom. The third kappa shape index (κ3) is 8.58. The highest BCUT2D eigenvalue weighted by Gasteiger charge is 2.29. The van der Waals surface area contributed by atoms with Crippen LogP contribution in [0.15, 0.2) is 48.5 Å². The molecule has 1 aliphatic carbocycles. The molecular weight excluding hydrogens is 470 g/mol. The van der Waals surface area contributed by atoms with E-state index in [-0.39, 0.29) is 12.5 Å². The van der Waals surface area contributed by atoms with Gasteiger partial charge in [-0.3, -0.25) is 0 Å². The van der Waals surface area contributed by atoms with Gasteiger partial charge in [0.2, 0.25) is 0 Å². The second-order valence-electron chi connectivity index (χ2n) is 9.62. The van der Waals surface area contributed by atoms with Gasteiger partial charge in [0.1, 0.15) is 12.6 Å². The number of alkyl carbamates (subject to hydrolysis) is 1. The third-order valence-corrected chi connectivity index (χ3v) is 8.01. The van der Waals surface area contributed by atoms with Crippen LogP contribution in [0.4, 0.5) is 4.79 Å². The van der Waals surface area contributed by atoms with Gasteiger partial charge in [-0.25, -0.2) is 9.59 Å². The van der Waals surface area contributed by atoms with Crippen LogP contribution in [-0.2, 0) is 9.53 Å². The van der Waals surface area contributed by atoms with Crippen LogP contribution >= 0.6 is 11.8 Å². The lowest BCUT2D eigenvalue weighted by Crippen LogP contribution is -2.43. The van der Waals surface area contributed by atoms with Crippen molar-refractivity contribution in [1.29, 1.82) is 0 Å². The highest BCUT2D eigenvalue weighted by atomic mass is 32.2. The topological polar surface area (TPSA) is 75.6 Å². The largest absolute Gasteiger partial charge is 0.480 e. The predicted molar refractivity (Wildman–Crippen MR) is 149 cm³/mol. The Hall–Kier alpha value is -2.47. The van der Waals surface area contributed by atoms with Crippen molar-refractivity contribution < 1.29 is 19.4 Å². The molecule has 3 rings (SSSR count). The van der Waals surface area contributed by atoms with E-state index in [0.717, 1.165) is 34.4 Å². The van der Waals surface area contributed by atoms with Crippen molar-refractivity contribution in [2.24, 2.45) is 0 Å². The fraction of sp³-hybridized carbons (Fsp3) is 0.533. The van der Waals surface area contributed by atoms with Gasteiger partial charge >= 0.3 is 12.1 Å². The molecule has 0 saturated heterocycles. The molecule has 0 radical (unpaired) electrons. The lowest BCUT2D eigenvalue weighted by molar-refractivity contribution is -0.138. The third-order valence-electron chi connectivity index (χ3n) is 6.86. The number of fused-ring (bicyclic) bond motifs is 3. The molecule has 2 aromatic carbocycles. The molecule has 0 spiro atoms. The molecular formula is C30H41NO4S. The minimum absolute atomic E-state index is 0.0443. The Balaban J connectivity index is 1.33. The van der Waals surface area contributed by atoms with Gasteiger partial charge in [0.05, 0.1) is 0 Å². The van der Waals surface area contributed by atoms with Gasteiger partial charge in [-0.1, -0.05) is 113 Å². The molecule has 0 unspecified atom stereocenters. The molecule has 2 aromatic rings. The van der Waals surface area contributed by atoms with Gasteiger partial charge in [0, 0.05) is 11.7 Å². The summed E-state index contributed by atoms with van der Waals surface area (Å²) in [5, 5.41) is 12.1. The van der Waals surface area contributed by atoms with E-state index >= 15 is 0 Å². The first-order valence-electron chi connectivity index (χ1n) is 13.5. The molecule has 0 aliphatic heterocycles. The van der Waals surface area contributed by atoms with Crippen LogP contribution in [0.2, 0.25) is 0 Å². The number of nitrogens with one attached hydrogen (secondary N) is 1. The zero-order valence-electron chi connectivity index (χ0n) is 21.5. The number of thioether (sulfide) groups is 1. The summed E-state index contributed by atoms with van der Waals surface area (Å²) in [5.41, 5.74) is 4.59. The lowest BCUT2D eigenvalue weighted by Gasteiger charge is -2.17. The Bertz CT molecular complexity index is 918. The van der Waals surface area contributed by atoms with E-state index in [1.165, 1.54) is 57.8 Å². The molecule has 0 heterocycles. The Labute approximate surface area is 220 Å². The molecule has 1 atom stereocenters. The van der Waals surface area contributed by atoms with E-state index in [2.05, 4.69) is 36.5 Å². The smallest absolute Gasteiger partial charge is 0.407 e. The first-order valence-corrected chi connectivity index (χ1v) is 14.7. The first-order chi connectivity index (χ1) is 17.6. The Morgan fingerprint density at radius 3 is 1.94 bits per heavy atom. The summed E-state index contributed by atoms with van der Waals surface area (Å²) in [5.74, 6) is 0.181. The van der Waals surface area contributed by atoms with Crippen LogP contribution < -0.4 is 5.32 Å². The standard InChI is InChI=1S/C30H41NO4S/c1-2-3-4-5-6-7-8-9-10-15-20-36-22-28(29(32)33)31-30(34)35-21-27-25-18-13-11-16-23(25)24-17-12-14-19-26(24)27/h11-14,16-19,27-28H,2-10,15,20-22H2,1H3,(H,31,34)(H,32,33)/t28-/m0/s1. The zero-order valence-corrected chi connectivity index (χ0v) is 22.4. The summed E-state index contributed by atoms with van der Waals surface area (Å²) in [6.07, 6.45) is 12.2.